The molecule has 88 valence electrons. The number of hydrogen-bond acceptors (Lipinski definition) is 2. The number of halogens is 1. The Morgan fingerprint density at radius 1 is 1.44 bits per heavy atom. The van der Waals surface area contributed by atoms with Crippen LogP contribution in [0.4, 0.5) is 0 Å². The third-order valence-electron chi connectivity index (χ3n) is 2.11. The SMILES string of the molecule is CNCc1ccc(OCC=C(C)C)c(Cl)c1. The summed E-state index contributed by atoms with van der Waals surface area (Å²) in [4.78, 5) is 0. The maximum absolute atomic E-state index is 6.11. The van der Waals surface area contributed by atoms with E-state index in [2.05, 4.69) is 5.32 Å². The second kappa shape index (κ2) is 6.56. The molecule has 0 unspecified atom stereocenters. The van der Waals surface area contributed by atoms with E-state index < -0.39 is 0 Å². The molecular weight excluding hydrogens is 222 g/mol. The van der Waals surface area contributed by atoms with E-state index in [1.165, 1.54) is 5.57 Å². The summed E-state index contributed by atoms with van der Waals surface area (Å²) in [5.74, 6) is 0.735. The van der Waals surface area contributed by atoms with Crippen LogP contribution in [0.1, 0.15) is 19.4 Å². The van der Waals surface area contributed by atoms with Crippen LogP contribution >= 0.6 is 11.6 Å². The average Bonchev–Trinajstić information content (AvgIpc) is 2.21. The van der Waals surface area contributed by atoms with Crippen molar-refractivity contribution in [3.8, 4) is 5.75 Å². The van der Waals surface area contributed by atoms with E-state index in [1.807, 2.05) is 45.2 Å². The van der Waals surface area contributed by atoms with Crippen LogP contribution in [0.15, 0.2) is 29.8 Å². The van der Waals surface area contributed by atoms with E-state index in [1.54, 1.807) is 0 Å². The second-order valence-corrected chi connectivity index (χ2v) is 4.29. The van der Waals surface area contributed by atoms with Gasteiger partial charge in [-0.05, 0) is 44.7 Å². The van der Waals surface area contributed by atoms with E-state index in [0.29, 0.717) is 11.6 Å². The molecule has 0 aliphatic heterocycles. The van der Waals surface area contributed by atoms with Crippen molar-refractivity contribution in [2.45, 2.75) is 20.4 Å². The first-order valence-electron chi connectivity index (χ1n) is 5.32. The highest BCUT2D eigenvalue weighted by Gasteiger charge is 2.01. The van der Waals surface area contributed by atoms with Gasteiger partial charge in [-0.3, -0.25) is 0 Å². The van der Waals surface area contributed by atoms with Gasteiger partial charge in [-0.15, -0.1) is 0 Å². The summed E-state index contributed by atoms with van der Waals surface area (Å²) in [6.07, 6.45) is 2.03. The molecule has 3 heteroatoms. The van der Waals surface area contributed by atoms with Crippen LogP contribution < -0.4 is 10.1 Å². The number of hydrogen-bond donors (Lipinski definition) is 1. The highest BCUT2D eigenvalue weighted by atomic mass is 35.5. The summed E-state index contributed by atoms with van der Waals surface area (Å²) in [7, 11) is 1.91. The lowest BCUT2D eigenvalue weighted by Crippen LogP contribution is -2.05. The number of ether oxygens (including phenoxy) is 1. The van der Waals surface area contributed by atoms with Crippen molar-refractivity contribution in [3.63, 3.8) is 0 Å². The Morgan fingerprint density at radius 3 is 2.75 bits per heavy atom. The van der Waals surface area contributed by atoms with Crippen LogP contribution in [0, 0.1) is 0 Å². The first-order valence-corrected chi connectivity index (χ1v) is 5.70. The van der Waals surface area contributed by atoms with Crippen molar-refractivity contribution in [3.05, 3.63) is 40.4 Å². The van der Waals surface area contributed by atoms with Gasteiger partial charge in [0.1, 0.15) is 12.4 Å². The van der Waals surface area contributed by atoms with Gasteiger partial charge in [-0.25, -0.2) is 0 Å². The topological polar surface area (TPSA) is 21.3 Å². The third-order valence-corrected chi connectivity index (χ3v) is 2.40. The zero-order valence-electron chi connectivity index (χ0n) is 10.0. The van der Waals surface area contributed by atoms with Gasteiger partial charge in [0.05, 0.1) is 5.02 Å². The molecule has 0 aliphatic rings. The summed E-state index contributed by atoms with van der Waals surface area (Å²) in [6.45, 7) is 5.46. The summed E-state index contributed by atoms with van der Waals surface area (Å²) >= 11 is 6.11. The van der Waals surface area contributed by atoms with E-state index in [9.17, 15) is 0 Å². The zero-order chi connectivity index (χ0) is 12.0. The van der Waals surface area contributed by atoms with Gasteiger partial charge in [-0.1, -0.05) is 23.2 Å². The lowest BCUT2D eigenvalue weighted by molar-refractivity contribution is 0.362. The van der Waals surface area contributed by atoms with Crippen molar-refractivity contribution in [1.82, 2.24) is 5.32 Å². The third kappa shape index (κ3) is 4.25. The Bertz CT molecular complexity index is 370. The maximum atomic E-state index is 6.11. The summed E-state index contributed by atoms with van der Waals surface area (Å²) in [6, 6.07) is 5.85. The molecule has 1 N–H and O–H groups in total. The van der Waals surface area contributed by atoms with Gasteiger partial charge in [-0.2, -0.15) is 0 Å². The summed E-state index contributed by atoms with van der Waals surface area (Å²) in [5, 5.41) is 3.74. The molecule has 0 saturated heterocycles. The van der Waals surface area contributed by atoms with Gasteiger partial charge in [0, 0.05) is 6.54 Å². The minimum atomic E-state index is 0.563. The molecule has 0 spiro atoms. The molecule has 0 aromatic heterocycles. The van der Waals surface area contributed by atoms with Crippen molar-refractivity contribution in [2.24, 2.45) is 0 Å². The minimum Gasteiger partial charge on any atom is -0.488 e. The second-order valence-electron chi connectivity index (χ2n) is 3.89. The summed E-state index contributed by atoms with van der Waals surface area (Å²) < 4.78 is 5.55. The molecule has 0 amide bonds. The standard InChI is InChI=1S/C13H18ClNO/c1-10(2)6-7-16-13-5-4-11(9-15-3)8-12(13)14/h4-6,8,15H,7,9H2,1-3H3. The molecule has 0 atom stereocenters. The van der Waals surface area contributed by atoms with Gasteiger partial charge in [0.15, 0.2) is 0 Å². The quantitative estimate of drug-likeness (QED) is 0.796. The van der Waals surface area contributed by atoms with Crippen LogP contribution in [0.2, 0.25) is 5.02 Å². The molecule has 2 nitrogen and oxygen atoms in total. The largest absolute Gasteiger partial charge is 0.488 e. The fourth-order valence-corrected chi connectivity index (χ4v) is 1.53. The minimum absolute atomic E-state index is 0.563. The normalized spacial score (nSPS) is 10.0. The zero-order valence-corrected chi connectivity index (χ0v) is 10.8. The molecule has 0 fully saturated rings. The van der Waals surface area contributed by atoms with E-state index in [4.69, 9.17) is 16.3 Å². The molecule has 0 heterocycles. The molecule has 16 heavy (non-hydrogen) atoms. The van der Waals surface area contributed by atoms with E-state index in [0.717, 1.165) is 17.9 Å². The number of allylic oxidation sites excluding steroid dienone is 1. The van der Waals surface area contributed by atoms with Crippen LogP contribution in [-0.2, 0) is 6.54 Å². The fourth-order valence-electron chi connectivity index (χ4n) is 1.27. The molecule has 0 radical (unpaired) electrons. The molecule has 0 saturated carbocycles. The number of nitrogens with one attached hydrogen (secondary N) is 1. The van der Waals surface area contributed by atoms with Crippen LogP contribution in [0.3, 0.4) is 0 Å². The smallest absolute Gasteiger partial charge is 0.138 e. The first-order chi connectivity index (χ1) is 7.63. The Labute approximate surface area is 102 Å². The summed E-state index contributed by atoms with van der Waals surface area (Å²) in [5.41, 5.74) is 2.39. The Hall–Kier alpha value is -0.990. The predicted molar refractivity (Wildman–Crippen MR) is 69.1 cm³/mol. The maximum Gasteiger partial charge on any atom is 0.138 e. The first kappa shape index (κ1) is 13.1. The molecule has 0 aliphatic carbocycles. The number of rotatable bonds is 5. The Balaban J connectivity index is 2.64. The van der Waals surface area contributed by atoms with Gasteiger partial charge in [0.25, 0.3) is 0 Å². The van der Waals surface area contributed by atoms with Crippen LogP contribution in [0.25, 0.3) is 0 Å². The van der Waals surface area contributed by atoms with Crippen molar-refractivity contribution in [2.75, 3.05) is 13.7 Å². The Kier molecular flexibility index (Phi) is 5.36. The molecule has 1 aromatic carbocycles. The van der Waals surface area contributed by atoms with Gasteiger partial charge in [0.2, 0.25) is 0 Å². The molecular formula is C13H18ClNO. The fraction of sp³-hybridized carbons (Fsp3) is 0.385. The molecule has 0 bridgehead atoms. The van der Waals surface area contributed by atoms with E-state index in [-0.39, 0.29) is 0 Å². The lowest BCUT2D eigenvalue weighted by atomic mass is 10.2. The lowest BCUT2D eigenvalue weighted by Gasteiger charge is -2.08. The molecule has 1 aromatic rings. The van der Waals surface area contributed by atoms with Crippen molar-refractivity contribution < 1.29 is 4.74 Å². The van der Waals surface area contributed by atoms with Gasteiger partial charge < -0.3 is 10.1 Å². The molecule has 1 rings (SSSR count). The van der Waals surface area contributed by atoms with Gasteiger partial charge >= 0.3 is 0 Å². The highest BCUT2D eigenvalue weighted by Crippen LogP contribution is 2.25. The van der Waals surface area contributed by atoms with Crippen molar-refractivity contribution >= 4 is 11.6 Å². The number of benzene rings is 1. The highest BCUT2D eigenvalue weighted by molar-refractivity contribution is 6.32. The van der Waals surface area contributed by atoms with Crippen molar-refractivity contribution in [1.29, 1.82) is 0 Å². The van der Waals surface area contributed by atoms with Crippen LogP contribution in [-0.4, -0.2) is 13.7 Å². The Morgan fingerprint density at radius 2 is 2.19 bits per heavy atom. The van der Waals surface area contributed by atoms with Crippen LogP contribution in [0.5, 0.6) is 5.75 Å². The van der Waals surface area contributed by atoms with E-state index >= 15 is 0 Å². The predicted octanol–water partition coefficient (Wildman–Crippen LogP) is 3.40. The average molecular weight is 240 g/mol. The monoisotopic (exact) mass is 239 g/mol.